The summed E-state index contributed by atoms with van der Waals surface area (Å²) < 4.78 is 17.7. The van der Waals surface area contributed by atoms with Gasteiger partial charge in [0.15, 0.2) is 0 Å². The topological polar surface area (TPSA) is 26.3 Å². The molecule has 4 heteroatoms. The van der Waals surface area contributed by atoms with Crippen molar-refractivity contribution in [3.05, 3.63) is 34.1 Å². The highest BCUT2D eigenvalue weighted by atomic mass is 35.5. The molecule has 0 radical (unpaired) electrons. The molecule has 0 N–H and O–H groups in total. The van der Waals surface area contributed by atoms with E-state index in [1.54, 1.807) is 13.0 Å². The van der Waals surface area contributed by atoms with E-state index < -0.39 is 11.8 Å². The molecule has 0 amide bonds. The molecule has 0 fully saturated rings. The fourth-order valence-corrected chi connectivity index (χ4v) is 1.23. The van der Waals surface area contributed by atoms with E-state index in [2.05, 4.69) is 4.74 Å². The van der Waals surface area contributed by atoms with Crippen LogP contribution >= 0.6 is 11.6 Å². The van der Waals surface area contributed by atoms with Gasteiger partial charge in [-0.2, -0.15) is 0 Å². The second-order valence-corrected chi connectivity index (χ2v) is 3.35. The van der Waals surface area contributed by atoms with Gasteiger partial charge in [-0.3, -0.25) is 4.79 Å². The number of hydrogen-bond donors (Lipinski definition) is 0. The second-order valence-electron chi connectivity index (χ2n) is 2.95. The molecule has 0 atom stereocenters. The SMILES string of the molecule is COC(=O)Cc1cc(C)c(Cl)cc1F. The molecule has 0 heterocycles. The van der Waals surface area contributed by atoms with Gasteiger partial charge in [-0.15, -0.1) is 0 Å². The minimum atomic E-state index is -0.481. The quantitative estimate of drug-likeness (QED) is 0.710. The molecule has 0 spiro atoms. The largest absolute Gasteiger partial charge is 0.469 e. The van der Waals surface area contributed by atoms with Crippen molar-refractivity contribution in [2.24, 2.45) is 0 Å². The maximum absolute atomic E-state index is 13.2. The van der Waals surface area contributed by atoms with E-state index in [0.717, 1.165) is 5.56 Å². The molecular weight excluding hydrogens is 207 g/mol. The third-order valence-electron chi connectivity index (χ3n) is 1.89. The van der Waals surface area contributed by atoms with Crippen LogP contribution in [0.5, 0.6) is 0 Å². The number of ether oxygens (including phenoxy) is 1. The van der Waals surface area contributed by atoms with E-state index in [9.17, 15) is 9.18 Å². The molecule has 0 aliphatic rings. The summed E-state index contributed by atoms with van der Waals surface area (Å²) in [6.07, 6.45) is -0.0691. The van der Waals surface area contributed by atoms with E-state index in [1.807, 2.05) is 0 Å². The Balaban J connectivity index is 2.98. The maximum atomic E-state index is 13.2. The Morgan fingerprint density at radius 2 is 2.21 bits per heavy atom. The molecule has 0 aliphatic heterocycles. The van der Waals surface area contributed by atoms with E-state index >= 15 is 0 Å². The minimum absolute atomic E-state index is 0.0691. The fraction of sp³-hybridized carbons (Fsp3) is 0.300. The number of rotatable bonds is 2. The number of carbonyl (C=O) groups is 1. The van der Waals surface area contributed by atoms with Crippen LogP contribution in [0.4, 0.5) is 4.39 Å². The van der Waals surface area contributed by atoms with Crippen LogP contribution in [0.15, 0.2) is 12.1 Å². The highest BCUT2D eigenvalue weighted by molar-refractivity contribution is 6.31. The van der Waals surface area contributed by atoms with E-state index in [1.165, 1.54) is 13.2 Å². The lowest BCUT2D eigenvalue weighted by Gasteiger charge is -2.04. The molecule has 0 aliphatic carbocycles. The van der Waals surface area contributed by atoms with Crippen molar-refractivity contribution >= 4 is 17.6 Å². The maximum Gasteiger partial charge on any atom is 0.310 e. The first kappa shape index (κ1) is 11.0. The summed E-state index contributed by atoms with van der Waals surface area (Å²) >= 11 is 5.70. The predicted molar refractivity (Wildman–Crippen MR) is 51.9 cm³/mol. The Hall–Kier alpha value is -1.09. The molecular formula is C10H10ClFO2. The van der Waals surface area contributed by atoms with Gasteiger partial charge < -0.3 is 4.74 Å². The fourth-order valence-electron chi connectivity index (χ4n) is 1.08. The molecule has 1 aromatic carbocycles. The molecule has 14 heavy (non-hydrogen) atoms. The van der Waals surface area contributed by atoms with Crippen LogP contribution in [0.2, 0.25) is 5.02 Å². The Kier molecular flexibility index (Phi) is 3.47. The second kappa shape index (κ2) is 4.42. The first-order chi connectivity index (χ1) is 6.54. The summed E-state index contributed by atoms with van der Waals surface area (Å²) in [5, 5.41) is 0.358. The molecule has 0 saturated heterocycles. The molecule has 1 rings (SSSR count). The molecule has 0 aromatic heterocycles. The van der Waals surface area contributed by atoms with Crippen molar-refractivity contribution in [2.75, 3.05) is 7.11 Å². The van der Waals surface area contributed by atoms with Crippen LogP contribution < -0.4 is 0 Å². The number of hydrogen-bond acceptors (Lipinski definition) is 2. The van der Waals surface area contributed by atoms with Crippen LogP contribution in [0, 0.1) is 12.7 Å². The van der Waals surface area contributed by atoms with Gasteiger partial charge in [-0.1, -0.05) is 17.7 Å². The standard InChI is InChI=1S/C10H10ClFO2/c1-6-3-7(4-10(13)14-2)9(12)5-8(6)11/h3,5H,4H2,1-2H3. The Morgan fingerprint density at radius 3 is 2.79 bits per heavy atom. The lowest BCUT2D eigenvalue weighted by Crippen LogP contribution is -2.06. The van der Waals surface area contributed by atoms with Crippen LogP contribution in [0.1, 0.15) is 11.1 Å². The van der Waals surface area contributed by atoms with Gasteiger partial charge >= 0.3 is 5.97 Å². The molecule has 1 aromatic rings. The number of halogens is 2. The number of aryl methyl sites for hydroxylation is 1. The predicted octanol–water partition coefficient (Wildman–Crippen LogP) is 2.50. The van der Waals surface area contributed by atoms with Crippen molar-refractivity contribution < 1.29 is 13.9 Å². The van der Waals surface area contributed by atoms with Gasteiger partial charge in [0.25, 0.3) is 0 Å². The molecule has 76 valence electrons. The summed E-state index contributed by atoms with van der Waals surface area (Å²) in [5.74, 6) is -0.948. The molecule has 0 unspecified atom stereocenters. The molecule has 0 saturated carbocycles. The first-order valence-electron chi connectivity index (χ1n) is 4.06. The smallest absolute Gasteiger partial charge is 0.310 e. The molecule has 2 nitrogen and oxygen atoms in total. The zero-order valence-corrected chi connectivity index (χ0v) is 8.69. The first-order valence-corrected chi connectivity index (χ1v) is 4.43. The van der Waals surface area contributed by atoms with Gasteiger partial charge in [0, 0.05) is 5.02 Å². The van der Waals surface area contributed by atoms with Gasteiger partial charge in [0.2, 0.25) is 0 Å². The van der Waals surface area contributed by atoms with Crippen LogP contribution in [-0.4, -0.2) is 13.1 Å². The normalized spacial score (nSPS) is 10.0. The lowest BCUT2D eigenvalue weighted by molar-refractivity contribution is -0.139. The summed E-state index contributed by atoms with van der Waals surface area (Å²) in [6.45, 7) is 1.75. The van der Waals surface area contributed by atoms with Crippen LogP contribution in [0.3, 0.4) is 0 Å². The van der Waals surface area contributed by atoms with Gasteiger partial charge in [-0.05, 0) is 24.1 Å². The van der Waals surface area contributed by atoms with Gasteiger partial charge in [0.1, 0.15) is 5.82 Å². The third kappa shape index (κ3) is 2.45. The van der Waals surface area contributed by atoms with Gasteiger partial charge in [-0.25, -0.2) is 4.39 Å². The summed E-state index contributed by atoms with van der Waals surface area (Å²) in [4.78, 5) is 10.9. The van der Waals surface area contributed by atoms with Crippen molar-refractivity contribution in [2.45, 2.75) is 13.3 Å². The minimum Gasteiger partial charge on any atom is -0.469 e. The highest BCUT2D eigenvalue weighted by Crippen LogP contribution is 2.20. The zero-order chi connectivity index (χ0) is 10.7. The van der Waals surface area contributed by atoms with Crippen LogP contribution in [-0.2, 0) is 16.0 Å². The zero-order valence-electron chi connectivity index (χ0n) is 7.93. The monoisotopic (exact) mass is 216 g/mol. The Bertz CT molecular complexity index is 363. The number of methoxy groups -OCH3 is 1. The third-order valence-corrected chi connectivity index (χ3v) is 2.30. The summed E-state index contributed by atoms with van der Waals surface area (Å²) in [7, 11) is 1.27. The van der Waals surface area contributed by atoms with Crippen molar-refractivity contribution in [3.8, 4) is 0 Å². The Morgan fingerprint density at radius 1 is 1.57 bits per heavy atom. The summed E-state index contributed by atoms with van der Waals surface area (Å²) in [6, 6.07) is 2.75. The molecule has 0 bridgehead atoms. The highest BCUT2D eigenvalue weighted by Gasteiger charge is 2.10. The van der Waals surface area contributed by atoms with Crippen molar-refractivity contribution in [1.82, 2.24) is 0 Å². The van der Waals surface area contributed by atoms with Gasteiger partial charge in [0.05, 0.1) is 13.5 Å². The van der Waals surface area contributed by atoms with E-state index in [0.29, 0.717) is 10.6 Å². The summed E-state index contributed by atoms with van der Waals surface area (Å²) in [5.41, 5.74) is 1.05. The average Bonchev–Trinajstić information content (AvgIpc) is 2.14. The lowest BCUT2D eigenvalue weighted by atomic mass is 10.1. The van der Waals surface area contributed by atoms with Crippen molar-refractivity contribution in [1.29, 1.82) is 0 Å². The van der Waals surface area contributed by atoms with Crippen molar-refractivity contribution in [3.63, 3.8) is 0 Å². The van der Waals surface area contributed by atoms with E-state index in [-0.39, 0.29) is 6.42 Å². The average molecular weight is 217 g/mol. The Labute approximate surface area is 86.6 Å². The van der Waals surface area contributed by atoms with E-state index in [4.69, 9.17) is 11.6 Å². The number of esters is 1. The number of benzene rings is 1. The van der Waals surface area contributed by atoms with Crippen LogP contribution in [0.25, 0.3) is 0 Å². The number of carbonyl (C=O) groups excluding carboxylic acids is 1.